The molecule has 3 heteroatoms. The van der Waals surface area contributed by atoms with Crippen molar-refractivity contribution in [3.8, 4) is 5.75 Å². The van der Waals surface area contributed by atoms with Crippen molar-refractivity contribution in [1.82, 2.24) is 10.2 Å². The minimum Gasteiger partial charge on any atom is -0.494 e. The third-order valence-corrected chi connectivity index (χ3v) is 4.96. The van der Waals surface area contributed by atoms with E-state index in [-0.39, 0.29) is 0 Å². The molecular formula is C22H38N2O. The van der Waals surface area contributed by atoms with Crippen molar-refractivity contribution in [3.05, 3.63) is 29.8 Å². The number of nitrogens with zero attached hydrogens (tertiary/aromatic N) is 1. The van der Waals surface area contributed by atoms with E-state index in [0.29, 0.717) is 0 Å². The summed E-state index contributed by atoms with van der Waals surface area (Å²) in [4.78, 5) is 2.51. The van der Waals surface area contributed by atoms with Crippen LogP contribution in [0, 0.1) is 5.92 Å². The minimum atomic E-state index is 0.850. The van der Waals surface area contributed by atoms with Crippen LogP contribution in [0.4, 0.5) is 0 Å². The molecule has 0 bridgehead atoms. The lowest BCUT2D eigenvalue weighted by molar-refractivity contribution is 0.232. The van der Waals surface area contributed by atoms with Gasteiger partial charge in [0.2, 0.25) is 0 Å². The Balaban J connectivity index is 1.54. The monoisotopic (exact) mass is 346 g/mol. The second-order valence-corrected chi connectivity index (χ2v) is 7.83. The highest BCUT2D eigenvalue weighted by atomic mass is 16.5. The quantitative estimate of drug-likeness (QED) is 0.547. The second-order valence-electron chi connectivity index (χ2n) is 7.83. The van der Waals surface area contributed by atoms with Crippen molar-refractivity contribution in [1.29, 1.82) is 0 Å². The average Bonchev–Trinajstić information content (AvgIpc) is 2.61. The van der Waals surface area contributed by atoms with E-state index in [9.17, 15) is 0 Å². The highest BCUT2D eigenvalue weighted by molar-refractivity contribution is 5.28. The van der Waals surface area contributed by atoms with Gasteiger partial charge in [-0.1, -0.05) is 64.5 Å². The van der Waals surface area contributed by atoms with Gasteiger partial charge in [0.05, 0.1) is 6.61 Å². The number of hydrogen-bond acceptors (Lipinski definition) is 3. The van der Waals surface area contributed by atoms with E-state index >= 15 is 0 Å². The van der Waals surface area contributed by atoms with E-state index in [1.165, 1.54) is 50.5 Å². The standard InChI is InChI=1S/C22H38N2O/c1-20(2)10-7-5-3-4-6-8-17-25-22-12-9-11-21(18-22)19-24-15-13-23-14-16-24/h9,11-12,18,20,23H,3-8,10,13-17,19H2,1-2H3. The number of nitrogens with one attached hydrogen (secondary N) is 1. The van der Waals surface area contributed by atoms with Crippen molar-refractivity contribution in [3.63, 3.8) is 0 Å². The first-order chi connectivity index (χ1) is 12.2. The van der Waals surface area contributed by atoms with Crippen LogP contribution in [0.5, 0.6) is 5.75 Å². The highest BCUT2D eigenvalue weighted by Crippen LogP contribution is 2.16. The van der Waals surface area contributed by atoms with Crippen LogP contribution in [0.15, 0.2) is 24.3 Å². The highest BCUT2D eigenvalue weighted by Gasteiger charge is 2.10. The first kappa shape index (κ1) is 20.3. The van der Waals surface area contributed by atoms with Gasteiger partial charge in [0.15, 0.2) is 0 Å². The molecule has 1 fully saturated rings. The molecule has 1 saturated heterocycles. The van der Waals surface area contributed by atoms with Gasteiger partial charge in [-0.2, -0.15) is 0 Å². The van der Waals surface area contributed by atoms with E-state index in [0.717, 1.165) is 51.0 Å². The Hall–Kier alpha value is -1.06. The molecule has 0 aliphatic carbocycles. The molecule has 1 aliphatic heterocycles. The Kier molecular flexibility index (Phi) is 9.98. The summed E-state index contributed by atoms with van der Waals surface area (Å²) in [5.74, 6) is 1.89. The van der Waals surface area contributed by atoms with Crippen LogP contribution >= 0.6 is 0 Å². The lowest BCUT2D eigenvalue weighted by Gasteiger charge is -2.27. The maximum absolute atomic E-state index is 5.96. The van der Waals surface area contributed by atoms with Crippen LogP contribution < -0.4 is 10.1 Å². The van der Waals surface area contributed by atoms with E-state index in [2.05, 4.69) is 48.3 Å². The van der Waals surface area contributed by atoms with E-state index in [4.69, 9.17) is 4.74 Å². The zero-order valence-corrected chi connectivity index (χ0v) is 16.4. The van der Waals surface area contributed by atoms with Crippen molar-refractivity contribution in [2.45, 2.75) is 65.3 Å². The Morgan fingerprint density at radius 2 is 1.72 bits per heavy atom. The van der Waals surface area contributed by atoms with Crippen LogP contribution in [-0.2, 0) is 6.54 Å². The zero-order valence-electron chi connectivity index (χ0n) is 16.4. The molecular weight excluding hydrogens is 308 g/mol. The van der Waals surface area contributed by atoms with Gasteiger partial charge in [0.1, 0.15) is 5.75 Å². The van der Waals surface area contributed by atoms with E-state index < -0.39 is 0 Å². The van der Waals surface area contributed by atoms with Crippen LogP contribution in [0.2, 0.25) is 0 Å². The molecule has 1 aliphatic rings. The summed E-state index contributed by atoms with van der Waals surface area (Å²) in [6, 6.07) is 8.65. The fourth-order valence-corrected chi connectivity index (χ4v) is 3.41. The predicted molar refractivity (Wildman–Crippen MR) is 107 cm³/mol. The van der Waals surface area contributed by atoms with Gasteiger partial charge in [0.25, 0.3) is 0 Å². The topological polar surface area (TPSA) is 24.5 Å². The number of ether oxygens (including phenoxy) is 1. The average molecular weight is 347 g/mol. The van der Waals surface area contributed by atoms with Gasteiger partial charge in [-0.05, 0) is 30.0 Å². The Morgan fingerprint density at radius 1 is 1.00 bits per heavy atom. The largest absolute Gasteiger partial charge is 0.494 e. The van der Waals surface area contributed by atoms with Gasteiger partial charge >= 0.3 is 0 Å². The Bertz CT molecular complexity index is 455. The fourth-order valence-electron chi connectivity index (χ4n) is 3.41. The molecule has 0 unspecified atom stereocenters. The van der Waals surface area contributed by atoms with Crippen LogP contribution in [0.1, 0.15) is 64.4 Å². The molecule has 0 amide bonds. The lowest BCUT2D eigenvalue weighted by atomic mass is 10.0. The molecule has 1 aromatic rings. The van der Waals surface area contributed by atoms with E-state index in [1.54, 1.807) is 0 Å². The minimum absolute atomic E-state index is 0.850. The summed E-state index contributed by atoms with van der Waals surface area (Å²) in [5, 5.41) is 3.41. The lowest BCUT2D eigenvalue weighted by Crippen LogP contribution is -2.42. The smallest absolute Gasteiger partial charge is 0.119 e. The molecule has 2 rings (SSSR count). The molecule has 1 aromatic carbocycles. The maximum atomic E-state index is 5.96. The normalized spacial score (nSPS) is 15.6. The van der Waals surface area contributed by atoms with Gasteiger partial charge in [-0.15, -0.1) is 0 Å². The van der Waals surface area contributed by atoms with Gasteiger partial charge in [-0.3, -0.25) is 4.90 Å². The number of hydrogen-bond donors (Lipinski definition) is 1. The molecule has 25 heavy (non-hydrogen) atoms. The molecule has 0 radical (unpaired) electrons. The van der Waals surface area contributed by atoms with Gasteiger partial charge in [-0.25, -0.2) is 0 Å². The summed E-state index contributed by atoms with van der Waals surface area (Å²) < 4.78 is 5.96. The molecule has 142 valence electrons. The summed E-state index contributed by atoms with van der Waals surface area (Å²) in [6.45, 7) is 11.0. The van der Waals surface area contributed by atoms with Crippen molar-refractivity contribution < 1.29 is 4.74 Å². The van der Waals surface area contributed by atoms with E-state index in [1.807, 2.05) is 0 Å². The van der Waals surface area contributed by atoms with Crippen molar-refractivity contribution >= 4 is 0 Å². The summed E-state index contributed by atoms with van der Waals surface area (Å²) in [7, 11) is 0. The third kappa shape index (κ3) is 9.27. The second kappa shape index (κ2) is 12.3. The Labute approximate surface area is 155 Å². The predicted octanol–water partition coefficient (Wildman–Crippen LogP) is 4.86. The first-order valence-corrected chi connectivity index (χ1v) is 10.4. The van der Waals surface area contributed by atoms with Crippen molar-refractivity contribution in [2.75, 3.05) is 32.8 Å². The third-order valence-electron chi connectivity index (χ3n) is 4.96. The summed E-state index contributed by atoms with van der Waals surface area (Å²) in [6.07, 6.45) is 9.38. The van der Waals surface area contributed by atoms with Crippen molar-refractivity contribution in [2.24, 2.45) is 5.92 Å². The molecule has 0 atom stereocenters. The molecule has 1 N–H and O–H groups in total. The molecule has 3 nitrogen and oxygen atoms in total. The zero-order chi connectivity index (χ0) is 17.7. The molecule has 0 spiro atoms. The van der Waals surface area contributed by atoms with Crippen LogP contribution in [0.3, 0.4) is 0 Å². The van der Waals surface area contributed by atoms with Crippen LogP contribution in [-0.4, -0.2) is 37.7 Å². The number of piperazine rings is 1. The summed E-state index contributed by atoms with van der Waals surface area (Å²) >= 11 is 0. The summed E-state index contributed by atoms with van der Waals surface area (Å²) in [5.41, 5.74) is 1.37. The van der Waals surface area contributed by atoms with Crippen LogP contribution in [0.25, 0.3) is 0 Å². The fraction of sp³-hybridized carbons (Fsp3) is 0.727. The number of rotatable bonds is 12. The Morgan fingerprint density at radius 3 is 2.48 bits per heavy atom. The number of unbranched alkanes of at least 4 members (excludes halogenated alkanes) is 5. The molecule has 0 saturated carbocycles. The maximum Gasteiger partial charge on any atom is 0.119 e. The molecule has 0 aromatic heterocycles. The van der Waals surface area contributed by atoms with Gasteiger partial charge in [0, 0.05) is 32.7 Å². The first-order valence-electron chi connectivity index (χ1n) is 10.4. The van der Waals surface area contributed by atoms with Gasteiger partial charge < -0.3 is 10.1 Å². The number of benzene rings is 1. The SMILES string of the molecule is CC(C)CCCCCCCCOc1cccc(CN2CCNCC2)c1. The molecule has 1 heterocycles.